The van der Waals surface area contributed by atoms with E-state index in [1.807, 2.05) is 36.1 Å². The molecule has 2 aromatic heterocycles. The fraction of sp³-hybridized carbons (Fsp3) is 0.550. The Bertz CT molecular complexity index is 934. The Labute approximate surface area is 182 Å². The summed E-state index contributed by atoms with van der Waals surface area (Å²) in [7, 11) is 1.88. The number of fused-ring (bicyclic) bond motifs is 1. The lowest BCUT2D eigenvalue weighted by Gasteiger charge is -2.25. The summed E-state index contributed by atoms with van der Waals surface area (Å²) in [6.07, 6.45) is 0.764. The van der Waals surface area contributed by atoms with Crippen molar-refractivity contribution in [2.75, 3.05) is 26.3 Å². The summed E-state index contributed by atoms with van der Waals surface area (Å²) in [4.78, 5) is 28.3. The minimum atomic E-state index is -5.08. The lowest BCUT2D eigenvalue weighted by Crippen LogP contribution is -2.37. The van der Waals surface area contributed by atoms with Gasteiger partial charge >= 0.3 is 12.1 Å². The highest BCUT2D eigenvalue weighted by atomic mass is 19.4. The molecule has 32 heavy (non-hydrogen) atoms. The quantitative estimate of drug-likeness (QED) is 0.721. The maximum Gasteiger partial charge on any atom is 0.490 e. The Morgan fingerprint density at radius 2 is 2.06 bits per heavy atom. The first-order chi connectivity index (χ1) is 15.2. The zero-order valence-corrected chi connectivity index (χ0v) is 17.6. The average Bonchev–Trinajstić information content (AvgIpc) is 3.46. The summed E-state index contributed by atoms with van der Waals surface area (Å²) in [5.74, 6) is -1.70. The number of aryl methyl sites for hydroxylation is 1. The van der Waals surface area contributed by atoms with Gasteiger partial charge in [-0.25, -0.2) is 9.78 Å². The number of imidazole rings is 1. The molecule has 1 fully saturated rings. The minimum absolute atomic E-state index is 0.0543. The smallest absolute Gasteiger partial charge is 0.475 e. The number of carbonyl (C=O) groups is 2. The van der Waals surface area contributed by atoms with Crippen LogP contribution in [0.1, 0.15) is 28.4 Å². The van der Waals surface area contributed by atoms with Gasteiger partial charge in [0.2, 0.25) is 0 Å². The molecule has 9 nitrogen and oxygen atoms in total. The van der Waals surface area contributed by atoms with Crippen LogP contribution in [-0.2, 0) is 36.1 Å². The minimum Gasteiger partial charge on any atom is -0.475 e. The molecule has 0 bridgehead atoms. The van der Waals surface area contributed by atoms with Crippen LogP contribution in [0.15, 0.2) is 24.5 Å². The number of aromatic nitrogens is 3. The van der Waals surface area contributed by atoms with Crippen molar-refractivity contribution in [1.29, 1.82) is 0 Å². The second-order valence-electron chi connectivity index (χ2n) is 7.61. The zero-order valence-electron chi connectivity index (χ0n) is 17.6. The van der Waals surface area contributed by atoms with E-state index in [1.165, 1.54) is 0 Å². The number of carboxylic acid groups (broad SMARTS) is 1. The number of amides is 1. The zero-order chi connectivity index (χ0) is 23.3. The van der Waals surface area contributed by atoms with Crippen LogP contribution in [0.25, 0.3) is 0 Å². The Morgan fingerprint density at radius 3 is 2.66 bits per heavy atom. The van der Waals surface area contributed by atoms with E-state index < -0.39 is 12.1 Å². The summed E-state index contributed by atoms with van der Waals surface area (Å²) in [6, 6.07) is 4.25. The third-order valence-corrected chi connectivity index (χ3v) is 5.53. The van der Waals surface area contributed by atoms with Crippen LogP contribution in [0.4, 0.5) is 13.2 Å². The van der Waals surface area contributed by atoms with Crippen LogP contribution in [0, 0.1) is 0 Å². The number of hydrogen-bond acceptors (Lipinski definition) is 5. The van der Waals surface area contributed by atoms with Gasteiger partial charge in [-0.15, -0.1) is 0 Å². The van der Waals surface area contributed by atoms with Gasteiger partial charge in [-0.3, -0.25) is 9.69 Å². The molecule has 0 saturated carbocycles. The molecule has 1 unspecified atom stereocenters. The molecule has 176 valence electrons. The first-order valence-electron chi connectivity index (χ1n) is 10.2. The number of alkyl halides is 3. The molecule has 1 amide bonds. The maximum absolute atomic E-state index is 12.3. The first kappa shape index (κ1) is 23.8. The van der Waals surface area contributed by atoms with E-state index in [9.17, 15) is 18.0 Å². The predicted octanol–water partition coefficient (Wildman–Crippen LogP) is 1.43. The van der Waals surface area contributed by atoms with Crippen molar-refractivity contribution in [3.8, 4) is 0 Å². The molecule has 4 heterocycles. The van der Waals surface area contributed by atoms with E-state index in [0.29, 0.717) is 18.3 Å². The van der Waals surface area contributed by atoms with Crippen LogP contribution in [0.5, 0.6) is 0 Å². The molecule has 0 spiro atoms. The summed E-state index contributed by atoms with van der Waals surface area (Å²) in [5.41, 5.74) is 1.74. The summed E-state index contributed by atoms with van der Waals surface area (Å²) in [6.45, 7) is 5.19. The van der Waals surface area contributed by atoms with Crippen LogP contribution in [-0.4, -0.2) is 74.5 Å². The van der Waals surface area contributed by atoms with Crippen molar-refractivity contribution in [1.82, 2.24) is 24.3 Å². The molecule has 1 saturated heterocycles. The molecular weight excluding hydrogens is 431 g/mol. The second-order valence-corrected chi connectivity index (χ2v) is 7.61. The monoisotopic (exact) mass is 457 g/mol. The molecule has 4 rings (SSSR count). The molecular formula is C20H26F3N5O4. The highest BCUT2D eigenvalue weighted by Gasteiger charge is 2.38. The lowest BCUT2D eigenvalue weighted by atomic mass is 10.2. The third-order valence-electron chi connectivity index (χ3n) is 5.53. The molecule has 2 N–H and O–H groups in total. The Balaban J connectivity index is 0.000000360. The fourth-order valence-corrected chi connectivity index (χ4v) is 3.78. The normalized spacial score (nSPS) is 18.9. The van der Waals surface area contributed by atoms with Crippen molar-refractivity contribution in [2.24, 2.45) is 7.05 Å². The van der Waals surface area contributed by atoms with Gasteiger partial charge in [0, 0.05) is 51.9 Å². The SMILES string of the molecule is Cn1cccc1C(=O)NCc1cnc2n1CCN(C1CCOC1)CC2.O=C(O)C(F)(F)F. The van der Waals surface area contributed by atoms with Gasteiger partial charge in [0.05, 0.1) is 25.0 Å². The van der Waals surface area contributed by atoms with Gasteiger partial charge in [0.15, 0.2) is 0 Å². The predicted molar refractivity (Wildman–Crippen MR) is 107 cm³/mol. The molecule has 1 atom stereocenters. The van der Waals surface area contributed by atoms with Crippen molar-refractivity contribution >= 4 is 11.9 Å². The van der Waals surface area contributed by atoms with Gasteiger partial charge in [-0.1, -0.05) is 0 Å². The van der Waals surface area contributed by atoms with E-state index in [0.717, 1.165) is 57.2 Å². The van der Waals surface area contributed by atoms with E-state index in [1.54, 1.807) is 0 Å². The largest absolute Gasteiger partial charge is 0.490 e. The average molecular weight is 457 g/mol. The Morgan fingerprint density at radius 1 is 1.31 bits per heavy atom. The number of ether oxygens (including phenoxy) is 1. The topological polar surface area (TPSA) is 102 Å². The van der Waals surface area contributed by atoms with Gasteiger partial charge in [0.1, 0.15) is 11.5 Å². The lowest BCUT2D eigenvalue weighted by molar-refractivity contribution is -0.192. The molecule has 2 aliphatic rings. The highest BCUT2D eigenvalue weighted by Crippen LogP contribution is 2.18. The van der Waals surface area contributed by atoms with Gasteiger partial charge in [-0.05, 0) is 18.6 Å². The Kier molecular flexibility index (Phi) is 7.56. The van der Waals surface area contributed by atoms with Crippen molar-refractivity contribution in [3.05, 3.63) is 41.7 Å². The number of nitrogens with zero attached hydrogens (tertiary/aromatic N) is 4. The molecule has 0 aromatic carbocycles. The summed E-state index contributed by atoms with van der Waals surface area (Å²) < 4.78 is 41.4. The van der Waals surface area contributed by atoms with Crippen molar-refractivity contribution in [2.45, 2.75) is 38.1 Å². The van der Waals surface area contributed by atoms with Gasteiger partial charge in [0.25, 0.3) is 5.91 Å². The third kappa shape index (κ3) is 5.88. The summed E-state index contributed by atoms with van der Waals surface area (Å²) >= 11 is 0. The van der Waals surface area contributed by atoms with E-state index >= 15 is 0 Å². The molecule has 2 aromatic rings. The first-order valence-corrected chi connectivity index (χ1v) is 10.2. The molecule has 0 radical (unpaired) electrons. The highest BCUT2D eigenvalue weighted by molar-refractivity contribution is 5.92. The number of carboxylic acids is 1. The Hall–Kier alpha value is -2.86. The second kappa shape index (κ2) is 10.2. The number of hydrogen-bond donors (Lipinski definition) is 2. The molecule has 2 aliphatic heterocycles. The van der Waals surface area contributed by atoms with Crippen LogP contribution in [0.2, 0.25) is 0 Å². The maximum atomic E-state index is 12.3. The van der Waals surface area contributed by atoms with Crippen molar-refractivity contribution < 1.29 is 32.6 Å². The van der Waals surface area contributed by atoms with Crippen LogP contribution in [0.3, 0.4) is 0 Å². The molecule has 0 aliphatic carbocycles. The van der Waals surface area contributed by atoms with E-state index in [-0.39, 0.29) is 5.91 Å². The van der Waals surface area contributed by atoms with Gasteiger partial charge < -0.3 is 24.3 Å². The molecule has 12 heteroatoms. The number of nitrogens with one attached hydrogen (secondary N) is 1. The number of halogens is 3. The number of rotatable bonds is 4. The van der Waals surface area contributed by atoms with Crippen molar-refractivity contribution in [3.63, 3.8) is 0 Å². The van der Waals surface area contributed by atoms with Crippen LogP contribution < -0.4 is 5.32 Å². The fourth-order valence-electron chi connectivity index (χ4n) is 3.78. The van der Waals surface area contributed by atoms with Crippen LogP contribution >= 0.6 is 0 Å². The van der Waals surface area contributed by atoms with E-state index in [2.05, 4.69) is 19.8 Å². The number of aliphatic carboxylic acids is 1. The number of carbonyl (C=O) groups excluding carboxylic acids is 1. The standard InChI is InChI=1S/C18H25N5O2.C2HF3O2/c1-21-6-2-3-16(21)18(24)20-12-15-11-19-17-4-7-22(8-9-23(15)17)14-5-10-25-13-14;3-2(4,5)1(6)7/h2-3,6,11,14H,4-5,7-10,12-13H2,1H3,(H,20,24);(H,6,7). The van der Waals surface area contributed by atoms with Gasteiger partial charge in [-0.2, -0.15) is 13.2 Å². The summed E-state index contributed by atoms with van der Waals surface area (Å²) in [5, 5.41) is 10.1. The van der Waals surface area contributed by atoms with E-state index in [4.69, 9.17) is 14.6 Å².